The molecule has 0 spiro atoms. The standard InChI is InChI=1S/C29H38ClN7O4S/c1-4-5-9-27(38)31-21-12-14-35(18-21)28-19(2)17-37-26(32-28)16-24(33-37)25-8-6-7-13-36(25)29(39)22-15-20(30)10-11-23(22)34-42(3,40)41/h10-11,15-17,21,25,34H,4-9,12-14,18H2,1-3H3,(H,31,38). The summed E-state index contributed by atoms with van der Waals surface area (Å²) in [6.07, 6.45) is 8.80. The van der Waals surface area contributed by atoms with Crippen molar-refractivity contribution in [3.63, 3.8) is 0 Å². The van der Waals surface area contributed by atoms with E-state index < -0.39 is 10.0 Å². The number of fused-ring (bicyclic) bond motifs is 1. The number of nitrogens with zero attached hydrogens (tertiary/aromatic N) is 5. The van der Waals surface area contributed by atoms with Gasteiger partial charge in [-0.3, -0.25) is 14.3 Å². The van der Waals surface area contributed by atoms with Crippen LogP contribution in [0.1, 0.15) is 79.5 Å². The minimum atomic E-state index is -3.60. The van der Waals surface area contributed by atoms with Crippen molar-refractivity contribution in [1.82, 2.24) is 24.8 Å². The van der Waals surface area contributed by atoms with Crippen molar-refractivity contribution >= 4 is 50.6 Å². The van der Waals surface area contributed by atoms with Crippen LogP contribution in [0.25, 0.3) is 5.65 Å². The predicted molar refractivity (Wildman–Crippen MR) is 164 cm³/mol. The SMILES string of the molecule is CCCCC(=O)NC1CCN(c2nc3cc(C4CCCCN4C(=O)c4cc(Cl)ccc4NS(C)(=O)=O)nn3cc2C)C1. The zero-order valence-corrected chi connectivity index (χ0v) is 25.8. The van der Waals surface area contributed by atoms with Crippen LogP contribution in [-0.4, -0.2) is 71.7 Å². The van der Waals surface area contributed by atoms with Gasteiger partial charge in [0.25, 0.3) is 5.91 Å². The van der Waals surface area contributed by atoms with E-state index in [9.17, 15) is 18.0 Å². The molecule has 2 unspecified atom stereocenters. The van der Waals surface area contributed by atoms with Gasteiger partial charge in [-0.2, -0.15) is 5.10 Å². The van der Waals surface area contributed by atoms with Crippen molar-refractivity contribution in [1.29, 1.82) is 0 Å². The van der Waals surface area contributed by atoms with Gasteiger partial charge in [-0.1, -0.05) is 24.9 Å². The Balaban J connectivity index is 1.38. The molecule has 0 radical (unpaired) electrons. The summed E-state index contributed by atoms with van der Waals surface area (Å²) in [5.74, 6) is 0.665. The summed E-state index contributed by atoms with van der Waals surface area (Å²) in [5.41, 5.74) is 2.78. The van der Waals surface area contributed by atoms with Crippen molar-refractivity contribution < 1.29 is 18.0 Å². The summed E-state index contributed by atoms with van der Waals surface area (Å²) in [7, 11) is -3.60. The third-order valence-electron chi connectivity index (χ3n) is 7.85. The van der Waals surface area contributed by atoms with Crippen molar-refractivity contribution in [3.05, 3.63) is 52.3 Å². The summed E-state index contributed by atoms with van der Waals surface area (Å²) in [5, 5.41) is 8.32. The number of likely N-dealkylation sites (tertiary alicyclic amines) is 1. The molecule has 2 aromatic heterocycles. The van der Waals surface area contributed by atoms with E-state index in [4.69, 9.17) is 21.7 Å². The Labute approximate surface area is 251 Å². The maximum atomic E-state index is 13.9. The van der Waals surface area contributed by atoms with Crippen LogP contribution in [0.4, 0.5) is 11.5 Å². The largest absolute Gasteiger partial charge is 0.354 e. The van der Waals surface area contributed by atoms with Crippen LogP contribution in [0.3, 0.4) is 0 Å². The molecule has 3 aromatic rings. The molecule has 2 saturated heterocycles. The fraction of sp³-hybridized carbons (Fsp3) is 0.517. The van der Waals surface area contributed by atoms with Gasteiger partial charge in [-0.05, 0) is 57.2 Å². The second kappa shape index (κ2) is 12.5. The number of benzene rings is 1. The number of anilines is 2. The molecule has 42 heavy (non-hydrogen) atoms. The Morgan fingerprint density at radius 1 is 1.14 bits per heavy atom. The summed E-state index contributed by atoms with van der Waals surface area (Å²) < 4.78 is 28.1. The molecule has 2 aliphatic rings. The van der Waals surface area contributed by atoms with E-state index in [0.717, 1.165) is 68.4 Å². The number of sulfonamides is 1. The molecule has 226 valence electrons. The molecule has 0 bridgehead atoms. The van der Waals surface area contributed by atoms with Crippen LogP contribution in [0.15, 0.2) is 30.5 Å². The summed E-state index contributed by atoms with van der Waals surface area (Å²) in [6.45, 7) is 6.10. The van der Waals surface area contributed by atoms with E-state index in [-0.39, 0.29) is 35.1 Å². The van der Waals surface area contributed by atoms with Crippen LogP contribution < -0.4 is 14.9 Å². The molecule has 2 amide bonds. The van der Waals surface area contributed by atoms with Crippen molar-refractivity contribution in [3.8, 4) is 0 Å². The highest BCUT2D eigenvalue weighted by Crippen LogP contribution is 2.34. The summed E-state index contributed by atoms with van der Waals surface area (Å²) in [6, 6.07) is 6.29. The number of aromatic nitrogens is 3. The third kappa shape index (κ3) is 6.81. The quantitative estimate of drug-likeness (QED) is 0.367. The van der Waals surface area contributed by atoms with E-state index >= 15 is 0 Å². The highest BCUT2D eigenvalue weighted by Gasteiger charge is 2.33. The number of carbonyl (C=O) groups is 2. The highest BCUT2D eigenvalue weighted by atomic mass is 35.5. The maximum Gasteiger partial charge on any atom is 0.256 e. The summed E-state index contributed by atoms with van der Waals surface area (Å²) >= 11 is 6.22. The second-order valence-corrected chi connectivity index (χ2v) is 13.5. The molecule has 1 aromatic carbocycles. The fourth-order valence-electron chi connectivity index (χ4n) is 5.83. The monoisotopic (exact) mass is 615 g/mol. The van der Waals surface area contributed by atoms with Gasteiger partial charge < -0.3 is 15.1 Å². The number of hydrogen-bond donors (Lipinski definition) is 2. The van der Waals surface area contributed by atoms with Crippen LogP contribution >= 0.6 is 11.6 Å². The predicted octanol–water partition coefficient (Wildman–Crippen LogP) is 4.32. The zero-order valence-electron chi connectivity index (χ0n) is 24.3. The molecular weight excluding hydrogens is 578 g/mol. The van der Waals surface area contributed by atoms with E-state index in [0.29, 0.717) is 30.2 Å². The number of hydrogen-bond acceptors (Lipinski definition) is 7. The zero-order chi connectivity index (χ0) is 30.0. The van der Waals surface area contributed by atoms with Gasteiger partial charge in [-0.25, -0.2) is 17.9 Å². The van der Waals surface area contributed by atoms with E-state index in [2.05, 4.69) is 21.9 Å². The van der Waals surface area contributed by atoms with E-state index in [1.165, 1.54) is 12.1 Å². The first kappa shape index (κ1) is 30.1. The molecule has 2 N–H and O–H groups in total. The average molecular weight is 616 g/mol. The number of piperidine rings is 1. The van der Waals surface area contributed by atoms with Crippen LogP contribution in [0.2, 0.25) is 5.02 Å². The first-order chi connectivity index (χ1) is 20.0. The average Bonchev–Trinajstić information content (AvgIpc) is 3.58. The lowest BCUT2D eigenvalue weighted by atomic mass is 9.98. The van der Waals surface area contributed by atoms with Gasteiger partial charge >= 0.3 is 0 Å². The molecule has 13 heteroatoms. The lowest BCUT2D eigenvalue weighted by Gasteiger charge is -2.35. The van der Waals surface area contributed by atoms with Crippen molar-refractivity contribution in [2.45, 2.75) is 70.9 Å². The van der Waals surface area contributed by atoms with Crippen LogP contribution in [0, 0.1) is 6.92 Å². The normalized spacial score (nSPS) is 19.3. The molecule has 11 nitrogen and oxygen atoms in total. The minimum Gasteiger partial charge on any atom is -0.354 e. The third-order valence-corrected chi connectivity index (χ3v) is 8.67. The van der Waals surface area contributed by atoms with Crippen molar-refractivity contribution in [2.75, 3.05) is 35.5 Å². The highest BCUT2D eigenvalue weighted by molar-refractivity contribution is 7.92. The topological polar surface area (TPSA) is 129 Å². The fourth-order valence-corrected chi connectivity index (χ4v) is 6.58. The Hall–Kier alpha value is -3.38. The maximum absolute atomic E-state index is 13.9. The molecule has 2 fully saturated rings. The van der Waals surface area contributed by atoms with Gasteiger partial charge in [0.15, 0.2) is 5.65 Å². The second-order valence-electron chi connectivity index (χ2n) is 11.3. The molecular formula is C29H38ClN7O4S. The molecule has 2 aliphatic heterocycles. The van der Waals surface area contributed by atoms with Crippen LogP contribution in [-0.2, 0) is 14.8 Å². The number of unbranched alkanes of at least 4 members (excludes halogenated alkanes) is 1. The van der Waals surface area contributed by atoms with Gasteiger partial charge in [0.1, 0.15) is 5.82 Å². The number of halogens is 1. The lowest BCUT2D eigenvalue weighted by molar-refractivity contribution is -0.121. The summed E-state index contributed by atoms with van der Waals surface area (Å²) in [4.78, 5) is 35.0. The molecule has 0 saturated carbocycles. The van der Waals surface area contributed by atoms with Gasteiger partial charge in [0.05, 0.1) is 29.2 Å². The van der Waals surface area contributed by atoms with Crippen molar-refractivity contribution in [2.24, 2.45) is 0 Å². The Morgan fingerprint density at radius 2 is 1.95 bits per heavy atom. The number of carbonyl (C=O) groups excluding carboxylic acids is 2. The Kier molecular flexibility index (Phi) is 8.93. The molecule has 2 atom stereocenters. The number of nitrogens with one attached hydrogen (secondary N) is 2. The van der Waals surface area contributed by atoms with Crippen LogP contribution in [0.5, 0.6) is 0 Å². The van der Waals surface area contributed by atoms with E-state index in [1.807, 2.05) is 19.2 Å². The smallest absolute Gasteiger partial charge is 0.256 e. The van der Waals surface area contributed by atoms with E-state index in [1.54, 1.807) is 15.5 Å². The Bertz CT molecular complexity index is 1590. The lowest BCUT2D eigenvalue weighted by Crippen LogP contribution is -2.39. The molecule has 5 rings (SSSR count). The number of aryl methyl sites for hydroxylation is 1. The molecule has 0 aliphatic carbocycles. The number of rotatable bonds is 9. The number of amides is 2. The van der Waals surface area contributed by atoms with Gasteiger partial charge in [-0.15, -0.1) is 0 Å². The van der Waals surface area contributed by atoms with Gasteiger partial charge in [0.2, 0.25) is 15.9 Å². The minimum absolute atomic E-state index is 0.0997. The first-order valence-electron chi connectivity index (χ1n) is 14.5. The first-order valence-corrected chi connectivity index (χ1v) is 16.8. The van der Waals surface area contributed by atoms with Gasteiger partial charge in [0, 0.05) is 54.9 Å². The molecule has 4 heterocycles. The Morgan fingerprint density at radius 3 is 2.71 bits per heavy atom.